The van der Waals surface area contributed by atoms with Gasteiger partial charge in [-0.2, -0.15) is 5.21 Å². The zero-order chi connectivity index (χ0) is 110. The van der Waals surface area contributed by atoms with Crippen LogP contribution in [-0.2, 0) is 157 Å². The van der Waals surface area contributed by atoms with Crippen LogP contribution in [0.4, 0.5) is 4.39 Å². The van der Waals surface area contributed by atoms with Gasteiger partial charge in [0.15, 0.2) is 5.82 Å². The van der Waals surface area contributed by atoms with E-state index in [1.165, 1.54) is 38.4 Å². The number of benzene rings is 4. The summed E-state index contributed by atoms with van der Waals surface area (Å²) in [4.78, 5) is 197. The molecular weight excluding hydrogens is 1960 g/mol. The van der Waals surface area contributed by atoms with Crippen LogP contribution in [0.15, 0.2) is 104 Å². The number of aliphatic carboxylic acids is 2. The van der Waals surface area contributed by atoms with Gasteiger partial charge in [0.25, 0.3) is 0 Å². The first-order valence-corrected chi connectivity index (χ1v) is 49.4. The van der Waals surface area contributed by atoms with Crippen LogP contribution in [0.2, 0.25) is 0 Å². The first kappa shape index (κ1) is 123. The van der Waals surface area contributed by atoms with E-state index in [9.17, 15) is 87.5 Å². The number of ether oxygens (including phenoxy) is 9. The van der Waals surface area contributed by atoms with E-state index >= 15 is 4.39 Å². The number of amides is 12. The van der Waals surface area contributed by atoms with Crippen molar-refractivity contribution < 1.29 is 140 Å². The lowest BCUT2D eigenvalue weighted by atomic mass is 9.90. The van der Waals surface area contributed by atoms with Gasteiger partial charge in [-0.05, 0) is 145 Å². The maximum atomic E-state index is 15.6. The van der Waals surface area contributed by atoms with Crippen molar-refractivity contribution in [2.45, 2.75) is 218 Å². The number of aromatic amines is 2. The van der Waals surface area contributed by atoms with E-state index in [2.05, 4.69) is 99.4 Å². The van der Waals surface area contributed by atoms with E-state index in [4.69, 9.17) is 59.2 Å². The Morgan fingerprint density at radius 2 is 1.13 bits per heavy atom. The number of carboxylic acids is 2. The van der Waals surface area contributed by atoms with Crippen LogP contribution in [0.1, 0.15) is 137 Å². The zero-order valence-corrected chi connectivity index (χ0v) is 85.6. The highest BCUT2D eigenvalue weighted by Gasteiger charge is 2.44. The van der Waals surface area contributed by atoms with Crippen molar-refractivity contribution in [3.8, 4) is 16.9 Å². The molecule has 0 saturated heterocycles. The van der Waals surface area contributed by atoms with Crippen LogP contribution in [0.25, 0.3) is 11.1 Å². The number of tetrazole rings is 1. The molecule has 51 heteroatoms. The van der Waals surface area contributed by atoms with Gasteiger partial charge in [-0.3, -0.25) is 71.8 Å². The molecule has 0 aliphatic heterocycles. The molecule has 0 bridgehead atoms. The average Bonchev–Trinajstić information content (AvgIpc) is 0.953. The molecule has 150 heavy (non-hydrogen) atoms. The van der Waals surface area contributed by atoms with Gasteiger partial charge in [0, 0.05) is 63.6 Å². The molecular formula is C99H143FN22O28. The number of halogens is 1. The number of carboxylic acid groups (broad SMARTS) is 2. The third-order valence-electron chi connectivity index (χ3n) is 23.3. The molecule has 0 aliphatic rings. The van der Waals surface area contributed by atoms with Crippen molar-refractivity contribution in [1.82, 2.24) is 104 Å². The van der Waals surface area contributed by atoms with Gasteiger partial charge in [0.2, 0.25) is 70.9 Å². The normalized spacial score (nSPS) is 13.8. The Labute approximate surface area is 866 Å². The Morgan fingerprint density at radius 3 is 1.71 bits per heavy atom. The molecule has 0 spiro atoms. The predicted molar refractivity (Wildman–Crippen MR) is 534 cm³/mol. The molecule has 0 aliphatic carbocycles. The standard InChI is InChI=1S/C99H143FN22O28/c1-9-67-51-72(150-31-13-12-30-122-57-71(116-121-122)59-149-46-45-148-44-43-147-42-41-146-40-39-145-38-37-144-36-35-143-34-33-142-32-29-104-82(126)26-25-75(101)94(137)138)23-24-73(67)68-21-19-65(20-22-68)50-77(89(132)108-76(87(102)130)18-14-15-66-48-61(2)47-62(3)49-66)109-90(133)79(53-84(128)129)110-91(134)80(58-123)111-92(135)85(63(4)124)114-97(141)99(8,54-69-16-10-11-17-74(69)100)115-93(136)86(64(5)125)113-83(127)56-106-88(131)78(52-81-117-119-120-118-81)112-96(140)98(6,7)95(139)105-28-27-70-55-103-60-107-70/h10-11,16-17,19-24,47-49,51,55,57,60,63-64,75-80,85-86,123-125H,9,12-15,18,25-46,50,52-54,56,58-59,101H2,1-8H3,(H2,102,130)(H,103,107)(H,104,126)(H,105,139)(H,106,131)(H,108,132)(H,109,133)(H,110,134)(H,111,135)(H,112,140)(H,113,127)(H,114,141)(H,115,136)(H,128,129)(H,137,138)(H,117,118,119,120)/t63-,64-,75?,76+,77+,78+,79+,80+,85+,86+,99?/m1/s1. The third kappa shape index (κ3) is 44.9. The lowest BCUT2D eigenvalue weighted by molar-refractivity contribution is -0.143. The molecule has 4 aromatic carbocycles. The van der Waals surface area contributed by atoms with E-state index in [1.807, 2.05) is 63.4 Å². The molecule has 50 nitrogen and oxygen atoms in total. The number of nitrogens with one attached hydrogen (secondary N) is 13. The number of nitrogens with zero attached hydrogens (tertiary/aromatic N) is 7. The monoisotopic (exact) mass is 2110 g/mol. The van der Waals surface area contributed by atoms with Gasteiger partial charge >= 0.3 is 11.9 Å². The molecule has 2 unspecified atom stereocenters. The van der Waals surface area contributed by atoms with Gasteiger partial charge in [0.1, 0.15) is 76.5 Å². The third-order valence-corrected chi connectivity index (χ3v) is 23.3. The van der Waals surface area contributed by atoms with Gasteiger partial charge in [-0.1, -0.05) is 95.2 Å². The molecule has 0 radical (unpaired) electrons. The fraction of sp³-hybridized carbons (Fsp3) is 0.556. The lowest BCUT2D eigenvalue weighted by Crippen LogP contribution is -2.67. The summed E-state index contributed by atoms with van der Waals surface area (Å²) in [5, 5.41) is 100. The Kier molecular flexibility index (Phi) is 54.0. The van der Waals surface area contributed by atoms with E-state index in [-0.39, 0.29) is 62.7 Å². The summed E-state index contributed by atoms with van der Waals surface area (Å²) in [6, 6.07) is 9.71. The molecule has 824 valence electrons. The fourth-order valence-corrected chi connectivity index (χ4v) is 15.0. The summed E-state index contributed by atoms with van der Waals surface area (Å²) in [6.07, 6.45) is 1.82. The number of hydrogen-bond donors (Lipinski definition) is 20. The van der Waals surface area contributed by atoms with E-state index < -0.39 is 187 Å². The van der Waals surface area contributed by atoms with Gasteiger partial charge in [-0.15, -0.1) is 15.3 Å². The topological polar surface area (TPSA) is 721 Å². The van der Waals surface area contributed by atoms with E-state index in [1.54, 1.807) is 35.1 Å². The SMILES string of the molecule is CCc1cc(OCCCCn2cc(COCCOCCOCCOCCOCCOCCOCCOCCNC(=O)CCC(N)C(=O)O)nn2)ccc1-c1ccc(C[C@H](NC(=O)[C@H](CC(=O)O)NC(=O)[C@H](CO)NC(=O)[C@@H](NC(=O)C(C)(Cc2ccccc2F)NC(=O)[C@@H](NC(=O)CNC(=O)[C@H](Cc2nn[nH]n2)NC(=O)C(C)(C)C(=O)NCCc2cnc[nH]2)[C@@H](C)O)[C@@H](C)O)C(=O)N[C@@H](CCCc2cc(C)cc(C)c2)C(N)=O)cc1. The number of rotatable bonds is 76. The molecule has 0 saturated carbocycles. The number of aryl methyl sites for hydroxylation is 5. The fourth-order valence-electron chi connectivity index (χ4n) is 15.0. The highest BCUT2D eigenvalue weighted by Crippen LogP contribution is 2.30. The molecule has 12 amide bonds. The maximum Gasteiger partial charge on any atom is 0.320 e. The summed E-state index contributed by atoms with van der Waals surface area (Å²) in [6.45, 7) is 16.6. The number of aromatic nitrogens is 9. The lowest BCUT2D eigenvalue weighted by Gasteiger charge is -2.34. The van der Waals surface area contributed by atoms with Crippen LogP contribution in [0, 0.1) is 25.1 Å². The van der Waals surface area contributed by atoms with Gasteiger partial charge in [-0.25, -0.2) is 9.37 Å². The van der Waals surface area contributed by atoms with Gasteiger partial charge in [0.05, 0.1) is 157 Å². The van der Waals surface area contributed by atoms with Crippen LogP contribution in [-0.4, -0.2) is 352 Å². The highest BCUT2D eigenvalue weighted by molar-refractivity contribution is 6.06. The summed E-state index contributed by atoms with van der Waals surface area (Å²) < 4.78 is 67.9. The number of unbranched alkanes of at least 4 members (excludes halogenated alkanes) is 1. The Balaban J connectivity index is 0.885. The van der Waals surface area contributed by atoms with Crippen molar-refractivity contribution in [2.75, 3.05) is 132 Å². The van der Waals surface area contributed by atoms with Crippen LogP contribution >= 0.6 is 0 Å². The summed E-state index contributed by atoms with van der Waals surface area (Å²) in [7, 11) is 0. The van der Waals surface area contributed by atoms with Crippen LogP contribution in [0.5, 0.6) is 5.75 Å². The average molecular weight is 2110 g/mol. The molecule has 7 aromatic rings. The highest BCUT2D eigenvalue weighted by atomic mass is 19.1. The largest absolute Gasteiger partial charge is 0.494 e. The molecule has 3 heterocycles. The summed E-state index contributed by atoms with van der Waals surface area (Å²) in [5.41, 5.74) is 14.2. The minimum absolute atomic E-state index is 0.0229. The minimum atomic E-state index is -2.42. The number of carbonyl (C=O) groups is 14. The number of hydrogen-bond acceptors (Lipinski definition) is 33. The number of carbonyl (C=O) groups excluding carboxylic acids is 12. The molecule has 22 N–H and O–H groups in total. The number of H-pyrrole nitrogens is 2. The number of aliphatic hydroxyl groups excluding tert-OH is 3. The second kappa shape index (κ2) is 65.9. The molecule has 11 atom stereocenters. The molecule has 0 fully saturated rings. The molecule has 7 rings (SSSR count). The Bertz CT molecular complexity index is 5390. The quantitative estimate of drug-likeness (QED) is 0.0143. The van der Waals surface area contributed by atoms with E-state index in [0.29, 0.717) is 167 Å². The second-order valence-electron chi connectivity index (χ2n) is 36.1. The van der Waals surface area contributed by atoms with Crippen molar-refractivity contribution in [3.63, 3.8) is 0 Å². The number of aliphatic hydroxyl groups is 3. The zero-order valence-electron chi connectivity index (χ0n) is 85.6. The Hall–Kier alpha value is -13.9. The second-order valence-corrected chi connectivity index (χ2v) is 36.1. The predicted octanol–water partition coefficient (Wildman–Crippen LogP) is -2.17. The number of nitrogens with two attached hydrogens (primary N) is 2. The summed E-state index contributed by atoms with van der Waals surface area (Å²) >= 11 is 0. The van der Waals surface area contributed by atoms with Crippen LogP contribution < -0.4 is 74.7 Å². The first-order chi connectivity index (χ1) is 71.7. The van der Waals surface area contributed by atoms with Crippen molar-refractivity contribution in [3.05, 3.63) is 160 Å². The van der Waals surface area contributed by atoms with Gasteiger partial charge < -0.3 is 143 Å². The summed E-state index contributed by atoms with van der Waals surface area (Å²) in [5.74, 6) is -15.9. The number of imidazole rings is 1. The van der Waals surface area contributed by atoms with Crippen LogP contribution in [0.3, 0.4) is 0 Å². The minimum Gasteiger partial charge on any atom is -0.494 e. The smallest absolute Gasteiger partial charge is 0.320 e. The Morgan fingerprint density at radius 1 is 0.547 bits per heavy atom. The van der Waals surface area contributed by atoms with Crippen molar-refractivity contribution in [1.29, 1.82) is 0 Å². The van der Waals surface area contributed by atoms with Crippen molar-refractivity contribution >= 4 is 82.8 Å². The maximum absolute atomic E-state index is 15.6. The van der Waals surface area contributed by atoms with E-state index in [0.717, 1.165) is 66.6 Å². The van der Waals surface area contributed by atoms with Crippen molar-refractivity contribution in [2.24, 2.45) is 16.9 Å². The number of primary amides is 1. The first-order valence-electron chi connectivity index (χ1n) is 49.4. The molecule has 3 aromatic heterocycles.